The minimum Gasteiger partial charge on any atom is -0.244 e. The summed E-state index contributed by atoms with van der Waals surface area (Å²) in [6, 6.07) is 32.5. The fourth-order valence-corrected chi connectivity index (χ4v) is 5.36. The van der Waals surface area contributed by atoms with Crippen LogP contribution >= 0.6 is 31.2 Å². The number of hydrogen-bond acceptors (Lipinski definition) is 1. The van der Waals surface area contributed by atoms with Crippen LogP contribution in [0.25, 0.3) is 22.3 Å². The summed E-state index contributed by atoms with van der Waals surface area (Å²) in [6.07, 6.45) is 17.3. The van der Waals surface area contributed by atoms with Gasteiger partial charge in [-0.2, -0.15) is 9.13 Å². The summed E-state index contributed by atoms with van der Waals surface area (Å²) in [5.41, 5.74) is 9.59. The topological polar surface area (TPSA) is 28.4 Å². The molecule has 5 aromatic heterocycles. The molecule has 5 nitrogen and oxygen atoms in total. The van der Waals surface area contributed by atoms with Gasteiger partial charge in [-0.15, -0.1) is 0 Å². The standard InChI is InChI=1S/C35H31N5.4F6P/c1-2-5-33-25-38-18-10-29(11-19-38)31-14-22-40(23-15-31)27-35-7-3-6-34(36-35)26-39-20-12-30(13-21-39)28-8-16-37(17-9-28)24-32(33)4-1;4*1-7(2,3,4,5)6/h1-23H,24-27H2;;;;/q+4;4*-1. The Bertz CT molecular complexity index is 2410. The second-order valence-electron chi connectivity index (χ2n) is 14.3. The van der Waals surface area contributed by atoms with Crippen molar-refractivity contribution in [2.45, 2.75) is 26.2 Å². The van der Waals surface area contributed by atoms with Gasteiger partial charge in [-0.05, 0) is 34.4 Å². The smallest absolute Gasteiger partial charge is 0.190 e. The molecule has 0 unspecified atom stereocenters. The van der Waals surface area contributed by atoms with E-state index < -0.39 is 31.2 Å². The summed E-state index contributed by atoms with van der Waals surface area (Å²) in [6.45, 7) is 3.14. The van der Waals surface area contributed by atoms with Crippen LogP contribution < -0.4 is 18.3 Å². The molecule has 0 spiro atoms. The Hall–Kier alpha value is -4.99. The van der Waals surface area contributed by atoms with Crippen LogP contribution in [-0.4, -0.2) is 4.98 Å². The molecule has 7 aliphatic heterocycles. The maximum Gasteiger partial charge on any atom is 0.190 e. The SMILES string of the molecule is F[P-](F)(F)(F)(F)F.F[P-](F)(F)(F)(F)F.F[P-](F)(F)(F)(F)F.F[P-](F)(F)(F)(F)F.c1cc2nc(c1)C[n+]1ccc(cc1)-c1cc[n+](cc1)Cc1ccccc1C[n+]1ccc(cc1)-c1cc[n+](cc1)C2. The molecule has 0 radical (unpaired) electrons. The average molecular weight is 1100 g/mol. The Morgan fingerprint density at radius 1 is 0.265 bits per heavy atom. The van der Waals surface area contributed by atoms with Crippen LogP contribution in [0, 0.1) is 0 Å². The van der Waals surface area contributed by atoms with Crippen molar-refractivity contribution in [2.24, 2.45) is 0 Å². The summed E-state index contributed by atoms with van der Waals surface area (Å²) < 4.78 is 246. The predicted octanol–water partition coefficient (Wildman–Crippen LogP) is 17.6. The molecule has 33 heteroatoms. The molecule has 384 valence electrons. The summed E-state index contributed by atoms with van der Waals surface area (Å²) in [5.74, 6) is 0. The third kappa shape index (κ3) is 34.3. The van der Waals surface area contributed by atoms with Gasteiger partial charge in [0.15, 0.2) is 75.8 Å². The van der Waals surface area contributed by atoms with Crippen molar-refractivity contribution in [3.05, 3.63) is 163 Å². The van der Waals surface area contributed by atoms with E-state index in [0.717, 1.165) is 37.6 Å². The minimum absolute atomic E-state index is 0.736. The number of aromatic nitrogens is 5. The molecule has 6 aromatic rings. The van der Waals surface area contributed by atoms with E-state index in [1.54, 1.807) is 0 Å². The molecule has 10 bridgehead atoms. The van der Waals surface area contributed by atoms with E-state index >= 15 is 0 Å². The number of pyridine rings is 5. The summed E-state index contributed by atoms with van der Waals surface area (Å²) >= 11 is 0. The molecule has 12 heterocycles. The van der Waals surface area contributed by atoms with Crippen LogP contribution in [0.5, 0.6) is 0 Å². The van der Waals surface area contributed by atoms with E-state index in [9.17, 15) is 101 Å². The Balaban J connectivity index is 0.000000356. The molecule has 0 saturated carbocycles. The van der Waals surface area contributed by atoms with Gasteiger partial charge in [0, 0.05) is 59.7 Å². The van der Waals surface area contributed by atoms with Crippen molar-refractivity contribution in [2.75, 3.05) is 0 Å². The van der Waals surface area contributed by atoms with Crippen LogP contribution in [0.15, 0.2) is 141 Å². The second-order valence-corrected chi connectivity index (χ2v) is 21.9. The van der Waals surface area contributed by atoms with Crippen LogP contribution in [0.2, 0.25) is 0 Å². The zero-order chi connectivity index (χ0) is 52.4. The van der Waals surface area contributed by atoms with Gasteiger partial charge in [0.1, 0.15) is 11.4 Å². The molecule has 0 atom stereocenters. The molecule has 0 saturated heterocycles. The number of hydrogen-bond donors (Lipinski definition) is 0. The van der Waals surface area contributed by atoms with Crippen LogP contribution in [-0.2, 0) is 26.2 Å². The van der Waals surface area contributed by atoms with Crippen molar-refractivity contribution in [3.63, 3.8) is 0 Å². The van der Waals surface area contributed by atoms with Gasteiger partial charge in [-0.3, -0.25) is 0 Å². The summed E-state index contributed by atoms with van der Waals surface area (Å²) in [5, 5.41) is 0. The Labute approximate surface area is 366 Å². The fraction of sp³-hybridized carbons (Fsp3) is 0.114. The van der Waals surface area contributed by atoms with Gasteiger partial charge in [-0.25, -0.2) is 14.1 Å². The molecule has 0 fully saturated rings. The number of halogens is 24. The normalized spacial score (nSPS) is 16.9. The van der Waals surface area contributed by atoms with E-state index in [4.69, 9.17) is 4.98 Å². The molecule has 68 heavy (non-hydrogen) atoms. The van der Waals surface area contributed by atoms with Gasteiger partial charge in [0.25, 0.3) is 0 Å². The van der Waals surface area contributed by atoms with Crippen molar-refractivity contribution in [1.29, 1.82) is 0 Å². The van der Waals surface area contributed by atoms with E-state index in [-0.39, 0.29) is 0 Å². The average Bonchev–Trinajstić information content (AvgIpc) is 3.09. The Morgan fingerprint density at radius 2 is 0.456 bits per heavy atom. The first kappa shape index (κ1) is 57.3. The largest absolute Gasteiger partial charge is 0.244 e. The molecule has 7 aliphatic rings. The van der Waals surface area contributed by atoms with E-state index in [1.165, 1.54) is 33.4 Å². The van der Waals surface area contributed by atoms with Crippen molar-refractivity contribution < 1.29 is 119 Å². The molecular formula is C35H31F24N5P4. The van der Waals surface area contributed by atoms with Crippen molar-refractivity contribution >= 4 is 31.2 Å². The van der Waals surface area contributed by atoms with E-state index in [1.807, 2.05) is 0 Å². The third-order valence-corrected chi connectivity index (χ3v) is 7.61. The zero-order valence-electron chi connectivity index (χ0n) is 33.2. The molecule has 0 amide bonds. The van der Waals surface area contributed by atoms with E-state index in [0.29, 0.717) is 0 Å². The zero-order valence-corrected chi connectivity index (χ0v) is 36.8. The fourth-order valence-electron chi connectivity index (χ4n) is 5.36. The van der Waals surface area contributed by atoms with E-state index in [2.05, 4.69) is 159 Å². The van der Waals surface area contributed by atoms with Crippen molar-refractivity contribution in [1.82, 2.24) is 4.98 Å². The molecule has 0 aliphatic carbocycles. The second kappa shape index (κ2) is 16.3. The Morgan fingerprint density at radius 3 is 0.662 bits per heavy atom. The maximum absolute atomic E-state index is 10.7. The predicted molar refractivity (Wildman–Crippen MR) is 206 cm³/mol. The maximum atomic E-state index is 9.87. The van der Waals surface area contributed by atoms with Gasteiger partial charge in [-0.1, -0.05) is 30.3 Å². The summed E-state index contributed by atoms with van der Waals surface area (Å²) in [4.78, 5) is 4.94. The molecule has 1 aromatic carbocycles. The van der Waals surface area contributed by atoms with Crippen molar-refractivity contribution in [3.8, 4) is 22.3 Å². The number of benzene rings is 1. The van der Waals surface area contributed by atoms with Crippen LogP contribution in [0.4, 0.5) is 101 Å². The van der Waals surface area contributed by atoms with Gasteiger partial charge in [0.05, 0.1) is 0 Å². The van der Waals surface area contributed by atoms with Gasteiger partial charge < -0.3 is 0 Å². The number of nitrogens with zero attached hydrogens (tertiary/aromatic N) is 5. The monoisotopic (exact) mass is 1100 g/mol. The van der Waals surface area contributed by atoms with Crippen LogP contribution in [0.3, 0.4) is 0 Å². The first-order valence-corrected chi connectivity index (χ1v) is 25.9. The van der Waals surface area contributed by atoms with Crippen LogP contribution in [0.1, 0.15) is 22.5 Å². The number of rotatable bonds is 0. The quantitative estimate of drug-likeness (QED) is 0.0845. The third-order valence-electron chi connectivity index (χ3n) is 7.61. The Kier molecular flexibility index (Phi) is 13.7. The molecule has 0 N–H and O–H groups in total. The minimum atomic E-state index is -10.7. The first-order chi connectivity index (χ1) is 29.5. The van der Waals surface area contributed by atoms with Gasteiger partial charge >= 0.3 is 132 Å². The van der Waals surface area contributed by atoms with Gasteiger partial charge in [0.2, 0.25) is 0 Å². The molecular weight excluding hydrogens is 1070 g/mol. The first-order valence-electron chi connectivity index (χ1n) is 17.8. The molecule has 13 rings (SSSR count). The summed E-state index contributed by atoms with van der Waals surface area (Å²) in [7, 11) is -42.6.